The van der Waals surface area contributed by atoms with Crippen molar-refractivity contribution in [2.75, 3.05) is 26.2 Å². The van der Waals surface area contributed by atoms with Gasteiger partial charge in [0.2, 0.25) is 0 Å². The van der Waals surface area contributed by atoms with Crippen molar-refractivity contribution in [3.63, 3.8) is 0 Å². The molecule has 1 N–H and O–H groups in total. The zero-order valence-corrected chi connectivity index (χ0v) is 14.7. The molecular weight excluding hydrogens is 244 g/mol. The molecule has 0 aromatic carbocycles. The maximum atomic E-state index is 3.56. The molecule has 120 valence electrons. The maximum absolute atomic E-state index is 3.56. The van der Waals surface area contributed by atoms with E-state index in [1.54, 1.807) is 0 Å². The molecule has 1 aliphatic heterocycles. The van der Waals surface area contributed by atoms with E-state index >= 15 is 0 Å². The van der Waals surface area contributed by atoms with Crippen LogP contribution in [0, 0.1) is 11.3 Å². The average molecular weight is 283 g/mol. The van der Waals surface area contributed by atoms with Gasteiger partial charge in [-0.05, 0) is 70.1 Å². The van der Waals surface area contributed by atoms with E-state index in [1.807, 2.05) is 0 Å². The lowest BCUT2D eigenvalue weighted by Crippen LogP contribution is -2.44. The van der Waals surface area contributed by atoms with Crippen molar-refractivity contribution in [2.45, 2.75) is 79.2 Å². The molecule has 0 saturated carbocycles. The number of hydrogen-bond acceptors (Lipinski definition) is 2. The van der Waals surface area contributed by atoms with E-state index in [4.69, 9.17) is 0 Å². The van der Waals surface area contributed by atoms with Crippen LogP contribution in [0.15, 0.2) is 0 Å². The maximum Gasteiger partial charge on any atom is 0.00674 e. The lowest BCUT2D eigenvalue weighted by Gasteiger charge is -2.43. The third-order valence-corrected chi connectivity index (χ3v) is 5.51. The summed E-state index contributed by atoms with van der Waals surface area (Å²) in [5.41, 5.74) is 0.662. The second-order valence-corrected chi connectivity index (χ2v) is 7.33. The Bertz CT molecular complexity index is 236. The summed E-state index contributed by atoms with van der Waals surface area (Å²) in [4.78, 5) is 2.73. The number of likely N-dealkylation sites (tertiary alicyclic amines) is 1. The molecule has 1 aliphatic rings. The van der Waals surface area contributed by atoms with Gasteiger partial charge < -0.3 is 10.2 Å². The van der Waals surface area contributed by atoms with Crippen molar-refractivity contribution >= 4 is 0 Å². The monoisotopic (exact) mass is 282 g/mol. The largest absolute Gasteiger partial charge is 0.316 e. The third-order valence-electron chi connectivity index (χ3n) is 5.51. The van der Waals surface area contributed by atoms with Gasteiger partial charge in [0.05, 0.1) is 0 Å². The molecule has 1 fully saturated rings. The fourth-order valence-electron chi connectivity index (χ4n) is 3.49. The molecule has 2 nitrogen and oxygen atoms in total. The summed E-state index contributed by atoms with van der Waals surface area (Å²) in [6.45, 7) is 16.7. The van der Waals surface area contributed by atoms with Crippen LogP contribution in [-0.2, 0) is 0 Å². The van der Waals surface area contributed by atoms with Crippen LogP contribution in [0.3, 0.4) is 0 Å². The lowest BCUT2D eigenvalue weighted by atomic mass is 9.74. The first-order chi connectivity index (χ1) is 9.53. The molecule has 0 amide bonds. The summed E-state index contributed by atoms with van der Waals surface area (Å²) in [6.07, 6.45) is 8.22. The van der Waals surface area contributed by atoms with Crippen molar-refractivity contribution < 1.29 is 0 Å². The Morgan fingerprint density at radius 3 is 2.15 bits per heavy atom. The smallest absolute Gasteiger partial charge is 0.00674 e. The van der Waals surface area contributed by atoms with Crippen molar-refractivity contribution in [2.24, 2.45) is 11.3 Å². The van der Waals surface area contributed by atoms with E-state index in [2.05, 4.69) is 44.8 Å². The van der Waals surface area contributed by atoms with E-state index in [-0.39, 0.29) is 0 Å². The van der Waals surface area contributed by atoms with E-state index in [0.717, 1.165) is 18.5 Å². The van der Waals surface area contributed by atoms with Crippen LogP contribution in [0.1, 0.15) is 73.1 Å². The predicted octanol–water partition coefficient (Wildman–Crippen LogP) is 4.30. The number of nitrogens with one attached hydrogen (secondary N) is 1. The van der Waals surface area contributed by atoms with Crippen LogP contribution in [0.25, 0.3) is 0 Å². The molecule has 1 rings (SSSR count). The highest BCUT2D eigenvalue weighted by molar-refractivity contribution is 4.85. The van der Waals surface area contributed by atoms with Gasteiger partial charge >= 0.3 is 0 Å². The molecule has 0 aromatic heterocycles. The van der Waals surface area contributed by atoms with Gasteiger partial charge in [-0.25, -0.2) is 0 Å². The van der Waals surface area contributed by atoms with Crippen LogP contribution in [-0.4, -0.2) is 37.1 Å². The third kappa shape index (κ3) is 5.73. The summed E-state index contributed by atoms with van der Waals surface area (Å²) in [5, 5.41) is 3.56. The Morgan fingerprint density at radius 2 is 1.65 bits per heavy atom. The van der Waals surface area contributed by atoms with E-state index in [1.165, 1.54) is 58.2 Å². The van der Waals surface area contributed by atoms with Gasteiger partial charge in [0.15, 0.2) is 0 Å². The molecule has 1 saturated heterocycles. The van der Waals surface area contributed by atoms with Gasteiger partial charge in [-0.2, -0.15) is 0 Å². The quantitative estimate of drug-likeness (QED) is 0.634. The topological polar surface area (TPSA) is 15.3 Å². The Labute approximate surface area is 127 Å². The molecule has 0 aliphatic carbocycles. The van der Waals surface area contributed by atoms with E-state index in [9.17, 15) is 0 Å². The van der Waals surface area contributed by atoms with Crippen LogP contribution in [0.5, 0.6) is 0 Å². The minimum absolute atomic E-state index is 0.662. The van der Waals surface area contributed by atoms with Crippen LogP contribution >= 0.6 is 0 Å². The number of nitrogens with zero attached hydrogens (tertiary/aromatic N) is 1. The van der Waals surface area contributed by atoms with Crippen molar-refractivity contribution in [3.05, 3.63) is 0 Å². The van der Waals surface area contributed by atoms with Gasteiger partial charge in [-0.1, -0.05) is 40.5 Å². The summed E-state index contributed by atoms with van der Waals surface area (Å²) < 4.78 is 0. The predicted molar refractivity (Wildman–Crippen MR) is 90.2 cm³/mol. The standard InChI is InChI=1S/C18H38N2/c1-6-18(7-2)10-13-20(14-11-18)17(5)9-8-12-19-15-16(3)4/h16-17,19H,6-15H2,1-5H3. The Balaban J connectivity index is 2.17. The molecule has 2 heteroatoms. The van der Waals surface area contributed by atoms with E-state index < -0.39 is 0 Å². The first kappa shape index (κ1) is 18.0. The molecular formula is C18H38N2. The van der Waals surface area contributed by atoms with Gasteiger partial charge in [0.1, 0.15) is 0 Å². The number of piperidine rings is 1. The zero-order valence-electron chi connectivity index (χ0n) is 14.7. The first-order valence-corrected chi connectivity index (χ1v) is 8.97. The van der Waals surface area contributed by atoms with Crippen molar-refractivity contribution in [3.8, 4) is 0 Å². The van der Waals surface area contributed by atoms with Gasteiger partial charge in [-0.15, -0.1) is 0 Å². The van der Waals surface area contributed by atoms with E-state index in [0.29, 0.717) is 5.41 Å². The summed E-state index contributed by atoms with van der Waals surface area (Å²) in [5.74, 6) is 0.769. The molecule has 20 heavy (non-hydrogen) atoms. The Morgan fingerprint density at radius 1 is 1.05 bits per heavy atom. The highest BCUT2D eigenvalue weighted by Crippen LogP contribution is 2.38. The summed E-state index contributed by atoms with van der Waals surface area (Å²) >= 11 is 0. The summed E-state index contributed by atoms with van der Waals surface area (Å²) in [7, 11) is 0. The fourth-order valence-corrected chi connectivity index (χ4v) is 3.49. The molecule has 0 aromatic rings. The fraction of sp³-hybridized carbons (Fsp3) is 1.00. The second kappa shape index (κ2) is 9.04. The zero-order chi connectivity index (χ0) is 15.0. The molecule has 1 unspecified atom stereocenters. The van der Waals surface area contributed by atoms with Crippen molar-refractivity contribution in [1.29, 1.82) is 0 Å². The highest BCUT2D eigenvalue weighted by atomic mass is 15.2. The number of rotatable bonds is 9. The van der Waals surface area contributed by atoms with Crippen molar-refractivity contribution in [1.82, 2.24) is 10.2 Å². The number of hydrogen-bond donors (Lipinski definition) is 1. The Hall–Kier alpha value is -0.0800. The minimum Gasteiger partial charge on any atom is -0.316 e. The summed E-state index contributed by atoms with van der Waals surface area (Å²) in [6, 6.07) is 0.766. The lowest BCUT2D eigenvalue weighted by molar-refractivity contribution is 0.0680. The average Bonchev–Trinajstić information content (AvgIpc) is 2.46. The molecule has 1 heterocycles. The van der Waals surface area contributed by atoms with Crippen LogP contribution < -0.4 is 5.32 Å². The first-order valence-electron chi connectivity index (χ1n) is 8.97. The SMILES string of the molecule is CCC1(CC)CCN(C(C)CCCNCC(C)C)CC1. The van der Waals surface area contributed by atoms with Crippen LogP contribution in [0.2, 0.25) is 0 Å². The van der Waals surface area contributed by atoms with Crippen LogP contribution in [0.4, 0.5) is 0 Å². The highest BCUT2D eigenvalue weighted by Gasteiger charge is 2.32. The molecule has 1 atom stereocenters. The van der Waals surface area contributed by atoms with Gasteiger partial charge in [0.25, 0.3) is 0 Å². The molecule has 0 radical (unpaired) electrons. The normalized spacial score (nSPS) is 21.3. The second-order valence-electron chi connectivity index (χ2n) is 7.33. The minimum atomic E-state index is 0.662. The van der Waals surface area contributed by atoms with Gasteiger partial charge in [0, 0.05) is 6.04 Å². The van der Waals surface area contributed by atoms with Gasteiger partial charge in [-0.3, -0.25) is 0 Å². The molecule has 0 bridgehead atoms. The Kier molecular flexibility index (Phi) is 8.13. The molecule has 0 spiro atoms.